The Kier molecular flexibility index (Phi) is 7.92. The van der Waals surface area contributed by atoms with Crippen LogP contribution in [0.2, 0.25) is 4.34 Å². The minimum absolute atomic E-state index is 0.0490. The second kappa shape index (κ2) is 11.4. The zero-order valence-corrected chi connectivity index (χ0v) is 23.4. The van der Waals surface area contributed by atoms with Gasteiger partial charge in [0.05, 0.1) is 26.9 Å². The number of hydrogen-bond acceptors (Lipinski definition) is 5. The number of halogens is 3. The molecule has 1 N–H and O–H groups in total. The maximum atomic E-state index is 14.2. The lowest BCUT2D eigenvalue weighted by Gasteiger charge is -2.19. The van der Waals surface area contributed by atoms with Crippen molar-refractivity contribution < 1.29 is 27.8 Å². The molecular formula is C31H26ClF2NO4S. The predicted molar refractivity (Wildman–Crippen MR) is 153 cm³/mol. The summed E-state index contributed by atoms with van der Waals surface area (Å²) in [6.45, 7) is 3.58. The zero-order chi connectivity index (χ0) is 28.4. The Labute approximate surface area is 239 Å². The van der Waals surface area contributed by atoms with Gasteiger partial charge in [-0.15, -0.1) is 11.3 Å². The standard InChI is InChI=1S/C31H26ClF2NO4S/c1-3-38-29(36)31(13-14-31)20-9-11-23(19-7-5-4-6-8-19)24(15-20)28-26(17-27(32)40-28)35-30(37)39-18(2)22-12-10-21(33)16-25(22)34/h4-12,15-18H,3,13-14H2,1-2H3,(H,35,37). The van der Waals surface area contributed by atoms with Crippen LogP contribution >= 0.6 is 22.9 Å². The highest BCUT2D eigenvalue weighted by atomic mass is 35.5. The summed E-state index contributed by atoms with van der Waals surface area (Å²) in [6, 6.07) is 20.3. The van der Waals surface area contributed by atoms with Gasteiger partial charge in [-0.25, -0.2) is 13.6 Å². The summed E-state index contributed by atoms with van der Waals surface area (Å²) >= 11 is 7.71. The molecule has 1 heterocycles. The molecule has 1 aliphatic carbocycles. The Bertz CT molecular complexity index is 1570. The summed E-state index contributed by atoms with van der Waals surface area (Å²) in [6.07, 6.45) is -0.414. The van der Waals surface area contributed by atoms with E-state index in [0.717, 1.165) is 34.4 Å². The van der Waals surface area contributed by atoms with Crippen LogP contribution in [0.15, 0.2) is 72.8 Å². The van der Waals surface area contributed by atoms with Crippen LogP contribution in [0.3, 0.4) is 0 Å². The summed E-state index contributed by atoms with van der Waals surface area (Å²) < 4.78 is 38.7. The van der Waals surface area contributed by atoms with Crippen LogP contribution in [-0.2, 0) is 19.7 Å². The van der Waals surface area contributed by atoms with Gasteiger partial charge in [-0.1, -0.05) is 54.1 Å². The number of nitrogens with one attached hydrogen (secondary N) is 1. The number of amides is 1. The van der Waals surface area contributed by atoms with Crippen molar-refractivity contribution in [2.45, 2.75) is 38.2 Å². The molecule has 1 saturated carbocycles. The number of carbonyl (C=O) groups excluding carboxylic acids is 2. The van der Waals surface area contributed by atoms with Crippen LogP contribution in [0.25, 0.3) is 21.6 Å². The molecule has 4 aromatic rings. The van der Waals surface area contributed by atoms with Gasteiger partial charge in [-0.2, -0.15) is 0 Å². The minimum Gasteiger partial charge on any atom is -0.465 e. The highest BCUT2D eigenvalue weighted by Crippen LogP contribution is 2.52. The van der Waals surface area contributed by atoms with E-state index in [9.17, 15) is 18.4 Å². The molecule has 3 aromatic carbocycles. The Morgan fingerprint density at radius 3 is 2.45 bits per heavy atom. The first-order chi connectivity index (χ1) is 19.2. The first kappa shape index (κ1) is 27.8. The number of hydrogen-bond donors (Lipinski definition) is 1. The number of benzene rings is 3. The third kappa shape index (κ3) is 5.60. The van der Waals surface area contributed by atoms with Crippen LogP contribution < -0.4 is 5.32 Å². The van der Waals surface area contributed by atoms with Crippen molar-refractivity contribution in [2.75, 3.05) is 11.9 Å². The van der Waals surface area contributed by atoms with E-state index in [-0.39, 0.29) is 11.5 Å². The molecule has 0 radical (unpaired) electrons. The Balaban J connectivity index is 1.50. The van der Waals surface area contributed by atoms with Crippen LogP contribution in [0.1, 0.15) is 43.9 Å². The molecule has 0 aliphatic heterocycles. The fourth-order valence-corrected chi connectivity index (χ4v) is 5.96. The van der Waals surface area contributed by atoms with Crippen LogP contribution in [-0.4, -0.2) is 18.7 Å². The van der Waals surface area contributed by atoms with E-state index in [0.29, 0.717) is 34.3 Å². The Morgan fingerprint density at radius 2 is 1.77 bits per heavy atom. The van der Waals surface area contributed by atoms with Gasteiger partial charge in [0, 0.05) is 17.2 Å². The van der Waals surface area contributed by atoms with Crippen molar-refractivity contribution in [3.8, 4) is 21.6 Å². The molecule has 206 valence electrons. The Morgan fingerprint density at radius 1 is 1.02 bits per heavy atom. The molecule has 1 fully saturated rings. The molecule has 1 aliphatic rings. The van der Waals surface area contributed by atoms with Crippen LogP contribution in [0, 0.1) is 11.6 Å². The number of carbonyl (C=O) groups is 2. The summed E-state index contributed by atoms with van der Waals surface area (Å²) in [5, 5.41) is 2.73. The number of thiophene rings is 1. The van der Waals surface area contributed by atoms with Crippen molar-refractivity contribution >= 4 is 40.7 Å². The van der Waals surface area contributed by atoms with Gasteiger partial charge in [0.2, 0.25) is 0 Å². The van der Waals surface area contributed by atoms with Crippen molar-refractivity contribution in [3.63, 3.8) is 0 Å². The third-order valence-electron chi connectivity index (χ3n) is 6.94. The summed E-state index contributed by atoms with van der Waals surface area (Å²) in [7, 11) is 0. The lowest BCUT2D eigenvalue weighted by atomic mass is 9.89. The maximum absolute atomic E-state index is 14.2. The van der Waals surface area contributed by atoms with Gasteiger partial charge in [-0.3, -0.25) is 10.1 Å². The summed E-state index contributed by atoms with van der Waals surface area (Å²) in [5.74, 6) is -1.77. The molecular weight excluding hydrogens is 556 g/mol. The third-order valence-corrected chi connectivity index (χ3v) is 8.24. The summed E-state index contributed by atoms with van der Waals surface area (Å²) in [5.41, 5.74) is 3.21. The molecule has 0 spiro atoms. The van der Waals surface area contributed by atoms with E-state index in [4.69, 9.17) is 21.1 Å². The average Bonchev–Trinajstić information content (AvgIpc) is 3.66. The minimum atomic E-state index is -0.972. The Hall–Kier alpha value is -3.75. The first-order valence-corrected chi connectivity index (χ1v) is 14.0. The molecule has 5 nitrogen and oxygen atoms in total. The van der Waals surface area contributed by atoms with Crippen LogP contribution in [0.5, 0.6) is 0 Å². The fourth-order valence-electron chi connectivity index (χ4n) is 4.75. The highest BCUT2D eigenvalue weighted by molar-refractivity contribution is 7.20. The first-order valence-electron chi connectivity index (χ1n) is 12.8. The molecule has 5 rings (SSSR count). The topological polar surface area (TPSA) is 64.6 Å². The number of ether oxygens (including phenoxy) is 2. The quantitative estimate of drug-likeness (QED) is 0.211. The fraction of sp³-hybridized carbons (Fsp3) is 0.226. The van der Waals surface area contributed by atoms with Crippen LogP contribution in [0.4, 0.5) is 19.3 Å². The molecule has 1 unspecified atom stereocenters. The second-order valence-corrected chi connectivity index (χ2v) is 11.2. The van der Waals surface area contributed by atoms with Crippen molar-refractivity contribution in [1.82, 2.24) is 0 Å². The molecule has 0 bridgehead atoms. The maximum Gasteiger partial charge on any atom is 0.412 e. The molecule has 40 heavy (non-hydrogen) atoms. The van der Waals surface area contributed by atoms with E-state index in [2.05, 4.69) is 5.32 Å². The van der Waals surface area contributed by atoms with Crippen molar-refractivity contribution in [1.29, 1.82) is 0 Å². The zero-order valence-electron chi connectivity index (χ0n) is 21.8. The number of rotatable bonds is 8. The SMILES string of the molecule is CCOC(=O)C1(c2ccc(-c3ccccc3)c(-c3sc(Cl)cc3NC(=O)OC(C)c3ccc(F)cc3F)c2)CC1. The monoisotopic (exact) mass is 581 g/mol. The predicted octanol–water partition coefficient (Wildman–Crippen LogP) is 8.92. The van der Waals surface area contributed by atoms with Gasteiger partial charge in [0.15, 0.2) is 0 Å². The van der Waals surface area contributed by atoms with Crippen molar-refractivity contribution in [3.05, 3.63) is 99.9 Å². The highest BCUT2D eigenvalue weighted by Gasteiger charge is 2.53. The van der Waals surface area contributed by atoms with E-state index >= 15 is 0 Å². The van der Waals surface area contributed by atoms with Gasteiger partial charge in [0.1, 0.15) is 17.7 Å². The lowest BCUT2D eigenvalue weighted by molar-refractivity contribution is -0.146. The number of esters is 1. The van der Waals surface area contributed by atoms with E-state index in [1.807, 2.05) is 48.5 Å². The van der Waals surface area contributed by atoms with Gasteiger partial charge >= 0.3 is 12.1 Å². The molecule has 1 atom stereocenters. The van der Waals surface area contributed by atoms with Gasteiger partial charge < -0.3 is 9.47 Å². The van der Waals surface area contributed by atoms with Gasteiger partial charge in [-0.05, 0) is 67.6 Å². The second-order valence-electron chi connectivity index (χ2n) is 9.56. The average molecular weight is 582 g/mol. The summed E-state index contributed by atoms with van der Waals surface area (Å²) in [4.78, 5) is 26.4. The van der Waals surface area contributed by atoms with E-state index < -0.39 is 29.2 Å². The molecule has 1 aromatic heterocycles. The van der Waals surface area contributed by atoms with Gasteiger partial charge in [0.25, 0.3) is 0 Å². The lowest BCUT2D eigenvalue weighted by Crippen LogP contribution is -2.23. The molecule has 9 heteroatoms. The van der Waals surface area contributed by atoms with E-state index in [1.54, 1.807) is 13.0 Å². The largest absolute Gasteiger partial charge is 0.465 e. The smallest absolute Gasteiger partial charge is 0.412 e. The normalized spacial score (nSPS) is 14.3. The molecule has 1 amide bonds. The number of anilines is 1. The van der Waals surface area contributed by atoms with Crippen molar-refractivity contribution in [2.24, 2.45) is 0 Å². The van der Waals surface area contributed by atoms with E-state index in [1.165, 1.54) is 24.3 Å². The molecule has 0 saturated heterocycles.